The summed E-state index contributed by atoms with van der Waals surface area (Å²) in [7, 11) is 0. The number of H-pyrrole nitrogens is 1. The number of ether oxygens (including phenoxy) is 1. The molecule has 2 N–H and O–H groups in total. The maximum atomic E-state index is 11.6. The molecule has 0 atom stereocenters. The van der Waals surface area contributed by atoms with E-state index in [0.717, 1.165) is 67.1 Å². The van der Waals surface area contributed by atoms with Crippen molar-refractivity contribution in [3.63, 3.8) is 0 Å². The second-order valence-electron chi connectivity index (χ2n) is 7.90. The fraction of sp³-hybridized carbons (Fsp3) is 0.318. The van der Waals surface area contributed by atoms with Crippen LogP contribution in [0.2, 0.25) is 0 Å². The highest BCUT2D eigenvalue weighted by Crippen LogP contribution is 2.32. The molecule has 8 nitrogen and oxygen atoms in total. The summed E-state index contributed by atoms with van der Waals surface area (Å²) >= 11 is 0. The molecule has 30 heavy (non-hydrogen) atoms. The summed E-state index contributed by atoms with van der Waals surface area (Å²) in [5.41, 5.74) is 4.04. The lowest BCUT2D eigenvalue weighted by molar-refractivity contribution is 0.168. The summed E-state index contributed by atoms with van der Waals surface area (Å²) in [6, 6.07) is 11.1. The van der Waals surface area contributed by atoms with Gasteiger partial charge in [0, 0.05) is 36.0 Å². The van der Waals surface area contributed by atoms with Gasteiger partial charge in [-0.2, -0.15) is 9.61 Å². The van der Waals surface area contributed by atoms with E-state index >= 15 is 0 Å². The zero-order valence-electron chi connectivity index (χ0n) is 16.5. The first-order valence-corrected chi connectivity index (χ1v) is 10.4. The summed E-state index contributed by atoms with van der Waals surface area (Å²) in [6.07, 6.45) is 3.78. The Morgan fingerprint density at radius 1 is 1.07 bits per heavy atom. The van der Waals surface area contributed by atoms with Gasteiger partial charge in [-0.3, -0.25) is 4.79 Å². The third-order valence-electron chi connectivity index (χ3n) is 5.95. The van der Waals surface area contributed by atoms with Crippen molar-refractivity contribution in [3.8, 4) is 5.75 Å². The van der Waals surface area contributed by atoms with Crippen LogP contribution in [0.4, 0.5) is 5.82 Å². The van der Waals surface area contributed by atoms with Gasteiger partial charge in [0.1, 0.15) is 17.7 Å². The van der Waals surface area contributed by atoms with Crippen molar-refractivity contribution in [2.24, 2.45) is 0 Å². The zero-order valence-corrected chi connectivity index (χ0v) is 16.5. The molecule has 0 bridgehead atoms. The molecule has 0 aliphatic carbocycles. The van der Waals surface area contributed by atoms with Gasteiger partial charge in [-0.05, 0) is 31.2 Å². The van der Waals surface area contributed by atoms with E-state index in [1.807, 2.05) is 41.0 Å². The van der Waals surface area contributed by atoms with Crippen LogP contribution < -0.4 is 20.5 Å². The van der Waals surface area contributed by atoms with Gasteiger partial charge in [0.25, 0.3) is 0 Å². The van der Waals surface area contributed by atoms with Crippen LogP contribution in [0.15, 0.2) is 47.4 Å². The fourth-order valence-corrected chi connectivity index (χ4v) is 4.47. The van der Waals surface area contributed by atoms with E-state index in [-0.39, 0.29) is 11.7 Å². The number of benzene rings is 1. The highest BCUT2D eigenvalue weighted by Gasteiger charge is 2.33. The van der Waals surface area contributed by atoms with Crippen molar-refractivity contribution < 1.29 is 4.74 Å². The molecular formula is C22H22N6O2. The van der Waals surface area contributed by atoms with E-state index in [9.17, 15) is 4.79 Å². The maximum absolute atomic E-state index is 11.6. The number of fused-ring (bicyclic) bond motifs is 3. The molecule has 1 fully saturated rings. The van der Waals surface area contributed by atoms with Crippen LogP contribution >= 0.6 is 0 Å². The number of aromatic nitrogens is 4. The molecule has 0 amide bonds. The number of aromatic amines is 1. The minimum atomic E-state index is -0.106. The Bertz CT molecular complexity index is 1300. The van der Waals surface area contributed by atoms with Crippen LogP contribution in [-0.2, 0) is 12.8 Å². The third-order valence-corrected chi connectivity index (χ3v) is 5.95. The molecule has 0 spiro atoms. The van der Waals surface area contributed by atoms with Crippen LogP contribution in [0.5, 0.6) is 5.75 Å². The van der Waals surface area contributed by atoms with Crippen molar-refractivity contribution in [2.75, 3.05) is 31.1 Å². The lowest BCUT2D eigenvalue weighted by Crippen LogP contribution is -2.55. The Labute approximate surface area is 172 Å². The Kier molecular flexibility index (Phi) is 3.98. The molecule has 0 radical (unpaired) electrons. The molecule has 1 saturated heterocycles. The molecule has 2 aliphatic heterocycles. The van der Waals surface area contributed by atoms with Gasteiger partial charge in [0.15, 0.2) is 5.65 Å². The smallest absolute Gasteiger partial charge is 0.248 e. The van der Waals surface area contributed by atoms with Gasteiger partial charge in [0.2, 0.25) is 5.56 Å². The van der Waals surface area contributed by atoms with Crippen LogP contribution in [0.25, 0.3) is 16.6 Å². The highest BCUT2D eigenvalue weighted by atomic mass is 16.5. The summed E-state index contributed by atoms with van der Waals surface area (Å²) in [4.78, 5) is 21.6. The standard InChI is InChI=1S/C22H22N6O2/c29-21-5-4-15-17(26-21)2-1-3-19(15)30-14-12-27(13-14)22-16-6-9-23-10-7-18(16)25-20-8-11-24-28(20)22/h1-5,8,11,14,23H,6-7,9-10,12-13H2,(H,26,29). The lowest BCUT2D eigenvalue weighted by Gasteiger charge is -2.41. The normalized spacial score (nSPS) is 17.0. The van der Waals surface area contributed by atoms with Gasteiger partial charge in [0.05, 0.1) is 30.5 Å². The van der Waals surface area contributed by atoms with E-state index in [0.29, 0.717) is 0 Å². The second-order valence-corrected chi connectivity index (χ2v) is 7.90. The number of hydrogen-bond donors (Lipinski definition) is 2. The number of hydrogen-bond acceptors (Lipinski definition) is 6. The van der Waals surface area contributed by atoms with Gasteiger partial charge >= 0.3 is 0 Å². The minimum absolute atomic E-state index is 0.0841. The monoisotopic (exact) mass is 402 g/mol. The number of nitrogens with zero attached hydrogens (tertiary/aromatic N) is 4. The summed E-state index contributed by atoms with van der Waals surface area (Å²) in [6.45, 7) is 3.49. The Hall–Kier alpha value is -3.39. The SMILES string of the molecule is O=c1ccc2c(OC3CN(c4c5c(nc6ccnn46)CCNCC5)C3)cccc2[nH]1. The average Bonchev–Trinajstić information content (AvgIpc) is 3.05. The molecule has 1 aromatic carbocycles. The van der Waals surface area contributed by atoms with E-state index < -0.39 is 0 Å². The van der Waals surface area contributed by atoms with Crippen molar-refractivity contribution in [3.05, 3.63) is 64.2 Å². The zero-order chi connectivity index (χ0) is 20.1. The van der Waals surface area contributed by atoms with Gasteiger partial charge < -0.3 is 19.9 Å². The number of rotatable bonds is 3. The first-order chi connectivity index (χ1) is 14.8. The van der Waals surface area contributed by atoms with Crippen LogP contribution in [0.1, 0.15) is 11.3 Å². The number of nitrogens with one attached hydrogen (secondary N) is 2. The second kappa shape index (κ2) is 6.84. The van der Waals surface area contributed by atoms with Gasteiger partial charge in [-0.1, -0.05) is 6.07 Å². The molecule has 0 unspecified atom stereocenters. The van der Waals surface area contributed by atoms with E-state index in [1.54, 1.807) is 0 Å². The molecule has 2 aliphatic rings. The molecule has 8 heteroatoms. The predicted octanol–water partition coefficient (Wildman–Crippen LogP) is 1.53. The molecule has 152 valence electrons. The molecular weight excluding hydrogens is 380 g/mol. The topological polar surface area (TPSA) is 87.6 Å². The van der Waals surface area contributed by atoms with E-state index in [1.165, 1.54) is 17.3 Å². The van der Waals surface area contributed by atoms with Crippen LogP contribution in [-0.4, -0.2) is 51.9 Å². The summed E-state index contributed by atoms with van der Waals surface area (Å²) in [5.74, 6) is 1.95. The average molecular weight is 402 g/mol. The Morgan fingerprint density at radius 3 is 2.90 bits per heavy atom. The van der Waals surface area contributed by atoms with E-state index in [4.69, 9.17) is 9.72 Å². The largest absolute Gasteiger partial charge is 0.486 e. The third kappa shape index (κ3) is 2.83. The quantitative estimate of drug-likeness (QED) is 0.540. The van der Waals surface area contributed by atoms with Crippen LogP contribution in [0, 0.1) is 0 Å². The molecule has 4 aromatic rings. The highest BCUT2D eigenvalue weighted by molar-refractivity contribution is 5.84. The summed E-state index contributed by atoms with van der Waals surface area (Å²) in [5, 5.41) is 8.93. The fourth-order valence-electron chi connectivity index (χ4n) is 4.47. The van der Waals surface area contributed by atoms with Crippen molar-refractivity contribution >= 4 is 22.4 Å². The summed E-state index contributed by atoms with van der Waals surface area (Å²) < 4.78 is 8.26. The molecule has 6 rings (SSSR count). The maximum Gasteiger partial charge on any atom is 0.248 e. The lowest BCUT2D eigenvalue weighted by atomic mass is 10.1. The first kappa shape index (κ1) is 17.5. The van der Waals surface area contributed by atoms with Gasteiger partial charge in [-0.25, -0.2) is 4.98 Å². The predicted molar refractivity (Wildman–Crippen MR) is 114 cm³/mol. The molecule has 0 saturated carbocycles. The Balaban J connectivity index is 1.29. The van der Waals surface area contributed by atoms with Crippen molar-refractivity contribution in [1.82, 2.24) is 24.9 Å². The van der Waals surface area contributed by atoms with Crippen LogP contribution in [0.3, 0.4) is 0 Å². The number of anilines is 1. The number of pyridine rings is 1. The van der Waals surface area contributed by atoms with Gasteiger partial charge in [-0.15, -0.1) is 0 Å². The van der Waals surface area contributed by atoms with Crippen molar-refractivity contribution in [1.29, 1.82) is 0 Å². The minimum Gasteiger partial charge on any atom is -0.486 e. The first-order valence-electron chi connectivity index (χ1n) is 10.4. The van der Waals surface area contributed by atoms with E-state index in [2.05, 4.69) is 20.3 Å². The molecule has 3 aromatic heterocycles. The Morgan fingerprint density at radius 2 is 1.97 bits per heavy atom. The van der Waals surface area contributed by atoms with Crippen molar-refractivity contribution in [2.45, 2.75) is 18.9 Å². The molecule has 5 heterocycles.